The summed E-state index contributed by atoms with van der Waals surface area (Å²) in [6.45, 7) is 5.10. The van der Waals surface area contributed by atoms with Gasteiger partial charge in [-0.15, -0.1) is 11.3 Å². The smallest absolute Gasteiger partial charge is 0.254 e. The molecule has 33 heavy (non-hydrogen) atoms. The lowest BCUT2D eigenvalue weighted by Crippen LogP contribution is -2.30. The Balaban J connectivity index is 1.50. The van der Waals surface area contributed by atoms with Gasteiger partial charge in [-0.2, -0.15) is 0 Å². The molecule has 6 nitrogen and oxygen atoms in total. The van der Waals surface area contributed by atoms with E-state index < -0.39 is 0 Å². The number of aromatic nitrogens is 1. The number of ether oxygens (including phenoxy) is 2. The molecule has 0 spiro atoms. The average molecular weight is 463 g/mol. The van der Waals surface area contributed by atoms with E-state index in [2.05, 4.69) is 5.16 Å². The van der Waals surface area contributed by atoms with E-state index in [4.69, 9.17) is 14.0 Å². The fourth-order valence-corrected chi connectivity index (χ4v) is 4.29. The number of hydrogen-bond donors (Lipinski definition) is 0. The number of hydrogen-bond acceptors (Lipinski definition) is 6. The largest absolute Gasteiger partial charge is 0.496 e. The van der Waals surface area contributed by atoms with Crippen molar-refractivity contribution in [3.8, 4) is 11.5 Å². The Morgan fingerprint density at radius 1 is 1.03 bits per heavy atom. The van der Waals surface area contributed by atoms with E-state index in [0.717, 1.165) is 33.2 Å². The van der Waals surface area contributed by atoms with Crippen LogP contribution in [0.1, 0.15) is 37.8 Å². The number of methoxy groups -OCH3 is 1. The Labute approximate surface area is 197 Å². The van der Waals surface area contributed by atoms with E-state index in [9.17, 15) is 4.79 Å². The molecular weight excluding hydrogens is 436 g/mol. The van der Waals surface area contributed by atoms with Crippen LogP contribution in [0.3, 0.4) is 0 Å². The maximum Gasteiger partial charge on any atom is 0.254 e. The molecule has 2 aromatic carbocycles. The third-order valence-corrected chi connectivity index (χ3v) is 6.29. The summed E-state index contributed by atoms with van der Waals surface area (Å²) < 4.78 is 16.6. The average Bonchev–Trinajstić information content (AvgIpc) is 3.47. The first-order valence-electron chi connectivity index (χ1n) is 10.6. The van der Waals surface area contributed by atoms with E-state index in [1.54, 1.807) is 30.6 Å². The Kier molecular flexibility index (Phi) is 7.10. The van der Waals surface area contributed by atoms with Crippen LogP contribution in [0.4, 0.5) is 0 Å². The summed E-state index contributed by atoms with van der Waals surface area (Å²) in [6.07, 6.45) is 0. The van der Waals surface area contributed by atoms with Gasteiger partial charge in [0.25, 0.3) is 5.91 Å². The SMILES string of the molecule is COc1ccccc1CN(Cc1cccs1)C(=O)c1ccc(OCc2c(C)noc2C)cc1. The topological polar surface area (TPSA) is 64.8 Å². The quantitative estimate of drug-likeness (QED) is 0.315. The first-order valence-corrected chi connectivity index (χ1v) is 11.5. The van der Waals surface area contributed by atoms with E-state index in [0.29, 0.717) is 31.0 Å². The highest BCUT2D eigenvalue weighted by molar-refractivity contribution is 7.09. The number of nitrogens with zero attached hydrogens (tertiary/aromatic N) is 2. The molecule has 2 aromatic heterocycles. The zero-order valence-electron chi connectivity index (χ0n) is 18.9. The number of thiophene rings is 1. The van der Waals surface area contributed by atoms with Crippen molar-refractivity contribution < 1.29 is 18.8 Å². The molecule has 0 atom stereocenters. The first kappa shape index (κ1) is 22.6. The van der Waals surface area contributed by atoms with Crippen LogP contribution in [-0.2, 0) is 19.7 Å². The molecule has 7 heteroatoms. The van der Waals surface area contributed by atoms with Crippen molar-refractivity contribution in [1.82, 2.24) is 10.1 Å². The highest BCUT2D eigenvalue weighted by Crippen LogP contribution is 2.24. The Morgan fingerprint density at radius 3 is 2.48 bits per heavy atom. The zero-order chi connectivity index (χ0) is 23.2. The lowest BCUT2D eigenvalue weighted by atomic mass is 10.1. The Morgan fingerprint density at radius 2 is 1.82 bits per heavy atom. The van der Waals surface area contributed by atoms with Gasteiger partial charge in [-0.3, -0.25) is 4.79 Å². The molecule has 0 saturated carbocycles. The molecule has 0 saturated heterocycles. The predicted octanol–water partition coefficient (Wildman–Crippen LogP) is 5.78. The monoisotopic (exact) mass is 462 g/mol. The van der Waals surface area contributed by atoms with Crippen LogP contribution in [0.2, 0.25) is 0 Å². The molecule has 0 aliphatic heterocycles. The molecule has 4 aromatic rings. The second-order valence-electron chi connectivity index (χ2n) is 7.67. The molecule has 2 heterocycles. The van der Waals surface area contributed by atoms with Crippen molar-refractivity contribution in [3.05, 3.63) is 99.1 Å². The second kappa shape index (κ2) is 10.4. The zero-order valence-corrected chi connectivity index (χ0v) is 19.7. The standard InChI is InChI=1S/C26H26N2O4S/c1-18-24(19(2)32-27-18)17-31-22-12-10-20(11-13-22)26(29)28(16-23-8-6-14-33-23)15-21-7-4-5-9-25(21)30-3/h4-14H,15-17H2,1-3H3. The highest BCUT2D eigenvalue weighted by atomic mass is 32.1. The van der Waals surface area contributed by atoms with Gasteiger partial charge in [0.2, 0.25) is 0 Å². The van der Waals surface area contributed by atoms with Crippen molar-refractivity contribution >= 4 is 17.2 Å². The molecule has 0 aliphatic rings. The molecule has 1 amide bonds. The van der Waals surface area contributed by atoms with Gasteiger partial charge in [-0.05, 0) is 55.6 Å². The number of carbonyl (C=O) groups excluding carboxylic acids is 1. The maximum absolute atomic E-state index is 13.4. The molecule has 170 valence electrons. The minimum Gasteiger partial charge on any atom is -0.496 e. The predicted molar refractivity (Wildman–Crippen MR) is 128 cm³/mol. The van der Waals surface area contributed by atoms with E-state index >= 15 is 0 Å². The van der Waals surface area contributed by atoms with Gasteiger partial charge in [0, 0.05) is 16.0 Å². The summed E-state index contributed by atoms with van der Waals surface area (Å²) in [5.74, 6) is 2.15. The van der Waals surface area contributed by atoms with Gasteiger partial charge in [-0.25, -0.2) is 0 Å². The first-order chi connectivity index (χ1) is 16.0. The van der Waals surface area contributed by atoms with E-state index in [1.165, 1.54) is 0 Å². The van der Waals surface area contributed by atoms with E-state index in [1.807, 2.05) is 72.7 Å². The van der Waals surface area contributed by atoms with Crippen molar-refractivity contribution in [2.75, 3.05) is 7.11 Å². The summed E-state index contributed by atoms with van der Waals surface area (Å²) >= 11 is 1.64. The Bertz CT molecular complexity index is 1180. The van der Waals surface area contributed by atoms with Crippen molar-refractivity contribution in [1.29, 1.82) is 0 Å². The van der Waals surface area contributed by atoms with Crippen molar-refractivity contribution in [2.45, 2.75) is 33.5 Å². The number of benzene rings is 2. The highest BCUT2D eigenvalue weighted by Gasteiger charge is 2.19. The summed E-state index contributed by atoms with van der Waals surface area (Å²) in [6, 6.07) is 19.0. The second-order valence-corrected chi connectivity index (χ2v) is 8.70. The van der Waals surface area contributed by atoms with Crippen molar-refractivity contribution in [3.63, 3.8) is 0 Å². The van der Waals surface area contributed by atoms with Crippen molar-refractivity contribution in [2.24, 2.45) is 0 Å². The van der Waals surface area contributed by atoms with Crippen LogP contribution in [0, 0.1) is 13.8 Å². The summed E-state index contributed by atoms with van der Waals surface area (Å²) in [5, 5.41) is 5.97. The fraction of sp³-hybridized carbons (Fsp3) is 0.231. The van der Waals surface area contributed by atoms with Crippen LogP contribution in [-0.4, -0.2) is 23.1 Å². The summed E-state index contributed by atoms with van der Waals surface area (Å²) in [7, 11) is 1.64. The lowest BCUT2D eigenvalue weighted by molar-refractivity contribution is 0.0730. The Hall–Kier alpha value is -3.58. The normalized spacial score (nSPS) is 10.8. The van der Waals surface area contributed by atoms with Crippen LogP contribution >= 0.6 is 11.3 Å². The van der Waals surface area contributed by atoms with E-state index in [-0.39, 0.29) is 5.91 Å². The third kappa shape index (κ3) is 5.43. The van der Waals surface area contributed by atoms with Crippen LogP contribution in [0.15, 0.2) is 70.6 Å². The summed E-state index contributed by atoms with van der Waals surface area (Å²) in [4.78, 5) is 16.4. The number of amides is 1. The third-order valence-electron chi connectivity index (χ3n) is 5.43. The van der Waals surface area contributed by atoms with Gasteiger partial charge in [0.1, 0.15) is 23.9 Å². The van der Waals surface area contributed by atoms with Gasteiger partial charge < -0.3 is 18.9 Å². The van der Waals surface area contributed by atoms with Gasteiger partial charge >= 0.3 is 0 Å². The van der Waals surface area contributed by atoms with Crippen LogP contribution in [0.5, 0.6) is 11.5 Å². The van der Waals surface area contributed by atoms with Gasteiger partial charge in [0.05, 0.1) is 31.5 Å². The molecule has 0 fully saturated rings. The molecule has 0 radical (unpaired) electrons. The molecule has 0 aliphatic carbocycles. The molecular formula is C26H26N2O4S. The maximum atomic E-state index is 13.4. The molecule has 4 rings (SSSR count). The van der Waals surface area contributed by atoms with Crippen LogP contribution < -0.4 is 9.47 Å². The summed E-state index contributed by atoms with van der Waals surface area (Å²) in [5.41, 5.74) is 3.32. The number of carbonyl (C=O) groups is 1. The van der Waals surface area contributed by atoms with Gasteiger partial charge in [-0.1, -0.05) is 29.4 Å². The van der Waals surface area contributed by atoms with Gasteiger partial charge in [0.15, 0.2) is 0 Å². The minimum atomic E-state index is -0.0495. The number of aryl methyl sites for hydroxylation is 2. The molecule has 0 unspecified atom stereocenters. The number of rotatable bonds is 9. The fourth-order valence-electron chi connectivity index (χ4n) is 3.57. The lowest BCUT2D eigenvalue weighted by Gasteiger charge is -2.23. The minimum absolute atomic E-state index is 0.0495. The van der Waals surface area contributed by atoms with Crippen LogP contribution in [0.25, 0.3) is 0 Å². The molecule has 0 N–H and O–H groups in total. The molecule has 0 bridgehead atoms. The number of para-hydroxylation sites is 1.